The zero-order valence-corrected chi connectivity index (χ0v) is 23.3. The van der Waals surface area contributed by atoms with Crippen molar-refractivity contribution in [2.24, 2.45) is 0 Å². The van der Waals surface area contributed by atoms with E-state index in [9.17, 15) is 9.59 Å². The summed E-state index contributed by atoms with van der Waals surface area (Å²) in [6, 6.07) is 7.63. The molecule has 0 radical (unpaired) electrons. The Balaban J connectivity index is 1.41. The minimum atomic E-state index is -0.368. The molecule has 0 saturated carbocycles. The van der Waals surface area contributed by atoms with Crippen LogP contribution in [-0.4, -0.2) is 93.6 Å². The van der Waals surface area contributed by atoms with Crippen LogP contribution >= 0.6 is 11.3 Å². The molecule has 9 nitrogen and oxygen atoms in total. The molecule has 0 bridgehead atoms. The van der Waals surface area contributed by atoms with E-state index in [0.29, 0.717) is 22.0 Å². The number of carbonyl (C=O) groups is 2. The summed E-state index contributed by atoms with van der Waals surface area (Å²) in [4.78, 5) is 38.3. The Labute approximate surface area is 222 Å². The molecular formula is C27H37N7O2S. The van der Waals surface area contributed by atoms with Crippen LogP contribution in [-0.2, 0) is 5.54 Å². The topological polar surface area (TPSA) is 86.6 Å². The maximum absolute atomic E-state index is 13.9. The molecule has 1 N–H and O–H groups in total. The average Bonchev–Trinajstić information content (AvgIpc) is 3.55. The molecule has 2 saturated heterocycles. The number of benzene rings is 1. The minimum absolute atomic E-state index is 0.0373. The standard InChI is InChI=1S/C27H37N7O2S/c1-18-8-10-19(11-9-18)24(35)29-26-28-23-22(37-26)21(30-34(23)27(2,3)4)25(36)33-12-6-7-20(33)17-32-15-13-31(5)14-16-32/h8-11,20H,6-7,12-17H2,1-5H3,(H,28,29,35). The van der Waals surface area contributed by atoms with Gasteiger partial charge in [-0.2, -0.15) is 10.1 Å². The number of aromatic nitrogens is 3. The average molecular weight is 524 g/mol. The second kappa shape index (κ2) is 10.2. The smallest absolute Gasteiger partial charge is 0.276 e. The van der Waals surface area contributed by atoms with Gasteiger partial charge in [0.1, 0.15) is 4.70 Å². The van der Waals surface area contributed by atoms with E-state index in [1.54, 1.807) is 12.1 Å². The number of hydrogen-bond donors (Lipinski definition) is 1. The summed E-state index contributed by atoms with van der Waals surface area (Å²) < 4.78 is 2.54. The van der Waals surface area contributed by atoms with Crippen LogP contribution in [0, 0.1) is 6.92 Å². The van der Waals surface area contributed by atoms with Crippen molar-refractivity contribution >= 4 is 38.6 Å². The molecule has 2 fully saturated rings. The van der Waals surface area contributed by atoms with E-state index in [2.05, 4.69) is 22.2 Å². The van der Waals surface area contributed by atoms with Gasteiger partial charge in [0.15, 0.2) is 16.5 Å². The molecule has 2 aromatic heterocycles. The molecule has 3 aromatic rings. The van der Waals surface area contributed by atoms with Gasteiger partial charge < -0.3 is 9.80 Å². The Bertz CT molecular complexity index is 1280. The fourth-order valence-corrected chi connectivity index (χ4v) is 6.01. The van der Waals surface area contributed by atoms with E-state index in [1.807, 2.05) is 49.4 Å². The van der Waals surface area contributed by atoms with Gasteiger partial charge in [-0.3, -0.25) is 19.8 Å². The van der Waals surface area contributed by atoms with Crippen LogP contribution in [0.25, 0.3) is 10.3 Å². The number of piperazine rings is 1. The van der Waals surface area contributed by atoms with Crippen molar-refractivity contribution < 1.29 is 9.59 Å². The zero-order chi connectivity index (χ0) is 26.3. The minimum Gasteiger partial charge on any atom is -0.333 e. The van der Waals surface area contributed by atoms with E-state index in [0.717, 1.165) is 62.4 Å². The van der Waals surface area contributed by atoms with Crippen LogP contribution in [0.1, 0.15) is 60.0 Å². The Morgan fingerprint density at radius 1 is 1.08 bits per heavy atom. The lowest BCUT2D eigenvalue weighted by Crippen LogP contribution is -2.50. The van der Waals surface area contributed by atoms with Gasteiger partial charge in [-0.15, -0.1) is 0 Å². The summed E-state index contributed by atoms with van der Waals surface area (Å²) in [5.41, 5.74) is 2.37. The van der Waals surface area contributed by atoms with Crippen molar-refractivity contribution in [2.75, 3.05) is 51.6 Å². The fourth-order valence-electron chi connectivity index (χ4n) is 5.10. The molecule has 2 aliphatic rings. The SMILES string of the molecule is Cc1ccc(C(=O)Nc2nc3c(s2)c(C(=O)N2CCCC2CN2CCN(C)CC2)nn3C(C)(C)C)cc1. The number of hydrogen-bond acceptors (Lipinski definition) is 7. The van der Waals surface area contributed by atoms with E-state index in [4.69, 9.17) is 10.1 Å². The highest BCUT2D eigenvalue weighted by Crippen LogP contribution is 2.34. The van der Waals surface area contributed by atoms with E-state index < -0.39 is 0 Å². The third-order valence-corrected chi connectivity index (χ3v) is 8.27. The first-order valence-electron chi connectivity index (χ1n) is 13.1. The van der Waals surface area contributed by atoms with Gasteiger partial charge in [-0.1, -0.05) is 29.0 Å². The lowest BCUT2D eigenvalue weighted by atomic mass is 10.1. The number of rotatable bonds is 5. The lowest BCUT2D eigenvalue weighted by Gasteiger charge is -2.36. The van der Waals surface area contributed by atoms with Gasteiger partial charge in [0, 0.05) is 50.9 Å². The highest BCUT2D eigenvalue weighted by Gasteiger charge is 2.35. The van der Waals surface area contributed by atoms with Crippen LogP contribution in [0.4, 0.5) is 5.13 Å². The Morgan fingerprint density at radius 3 is 2.46 bits per heavy atom. The van der Waals surface area contributed by atoms with Crippen molar-refractivity contribution in [1.82, 2.24) is 29.5 Å². The Hall–Kier alpha value is -2.82. The van der Waals surface area contributed by atoms with Crippen LogP contribution in [0.15, 0.2) is 24.3 Å². The summed E-state index contributed by atoms with van der Waals surface area (Å²) in [6.07, 6.45) is 2.02. The summed E-state index contributed by atoms with van der Waals surface area (Å²) in [6.45, 7) is 14.0. The fraction of sp³-hybridized carbons (Fsp3) is 0.556. The van der Waals surface area contributed by atoms with Gasteiger partial charge in [-0.25, -0.2) is 4.68 Å². The maximum Gasteiger partial charge on any atom is 0.276 e. The highest BCUT2D eigenvalue weighted by molar-refractivity contribution is 7.22. The first-order valence-corrected chi connectivity index (χ1v) is 13.9. The molecule has 198 valence electrons. The van der Waals surface area contributed by atoms with E-state index in [-0.39, 0.29) is 23.4 Å². The molecule has 0 aliphatic carbocycles. The number of thiazole rings is 1. The van der Waals surface area contributed by atoms with Gasteiger partial charge in [0.25, 0.3) is 11.8 Å². The third-order valence-electron chi connectivity index (χ3n) is 7.30. The van der Waals surface area contributed by atoms with Gasteiger partial charge in [0.2, 0.25) is 0 Å². The number of nitrogens with zero attached hydrogens (tertiary/aromatic N) is 6. The van der Waals surface area contributed by atoms with Crippen LogP contribution in [0.3, 0.4) is 0 Å². The number of likely N-dealkylation sites (tertiary alicyclic amines) is 1. The molecule has 4 heterocycles. The molecule has 0 spiro atoms. The zero-order valence-electron chi connectivity index (χ0n) is 22.5. The summed E-state index contributed by atoms with van der Waals surface area (Å²) in [5.74, 6) is -0.254. The molecular weight excluding hydrogens is 486 g/mol. The number of carbonyl (C=O) groups excluding carboxylic acids is 2. The summed E-state index contributed by atoms with van der Waals surface area (Å²) in [7, 11) is 2.16. The van der Waals surface area contributed by atoms with Crippen molar-refractivity contribution in [3.8, 4) is 0 Å². The van der Waals surface area contributed by atoms with E-state index >= 15 is 0 Å². The number of aryl methyl sites for hydroxylation is 1. The van der Waals surface area contributed by atoms with Crippen molar-refractivity contribution in [3.63, 3.8) is 0 Å². The normalized spacial score (nSPS) is 19.6. The number of likely N-dealkylation sites (N-methyl/N-ethyl adjacent to an activating group) is 1. The van der Waals surface area contributed by atoms with Gasteiger partial charge in [-0.05, 0) is 59.7 Å². The molecule has 2 amide bonds. The summed E-state index contributed by atoms with van der Waals surface area (Å²) >= 11 is 1.32. The number of fused-ring (bicyclic) bond motifs is 1. The molecule has 1 aromatic carbocycles. The van der Waals surface area contributed by atoms with Gasteiger partial charge in [0.05, 0.1) is 5.54 Å². The second-order valence-electron chi connectivity index (χ2n) is 11.3. The molecule has 2 aliphatic heterocycles. The maximum atomic E-state index is 13.9. The molecule has 5 rings (SSSR count). The number of amides is 2. The van der Waals surface area contributed by atoms with Gasteiger partial charge >= 0.3 is 0 Å². The first-order chi connectivity index (χ1) is 17.6. The van der Waals surface area contributed by atoms with Crippen LogP contribution < -0.4 is 5.32 Å². The number of nitrogens with one attached hydrogen (secondary N) is 1. The van der Waals surface area contributed by atoms with Crippen molar-refractivity contribution in [3.05, 3.63) is 41.1 Å². The molecule has 37 heavy (non-hydrogen) atoms. The quantitative estimate of drug-likeness (QED) is 0.549. The Morgan fingerprint density at radius 2 is 1.78 bits per heavy atom. The van der Waals surface area contributed by atoms with Crippen LogP contribution in [0.5, 0.6) is 0 Å². The monoisotopic (exact) mass is 523 g/mol. The van der Waals surface area contributed by atoms with Crippen LogP contribution in [0.2, 0.25) is 0 Å². The predicted octanol–water partition coefficient (Wildman–Crippen LogP) is 3.66. The third kappa shape index (κ3) is 5.42. The predicted molar refractivity (Wildman–Crippen MR) is 148 cm³/mol. The second-order valence-corrected chi connectivity index (χ2v) is 12.3. The largest absolute Gasteiger partial charge is 0.333 e. The molecule has 1 unspecified atom stereocenters. The molecule has 10 heteroatoms. The van der Waals surface area contributed by atoms with E-state index in [1.165, 1.54) is 11.3 Å². The lowest BCUT2D eigenvalue weighted by molar-refractivity contribution is 0.0661. The highest BCUT2D eigenvalue weighted by atomic mass is 32.1. The molecule has 1 atom stereocenters. The summed E-state index contributed by atoms with van der Waals surface area (Å²) in [5, 5.41) is 8.18. The number of anilines is 1. The Kier molecular flexibility index (Phi) is 7.08. The first kappa shape index (κ1) is 25.8. The van der Waals surface area contributed by atoms with Crippen molar-refractivity contribution in [2.45, 2.75) is 52.1 Å². The van der Waals surface area contributed by atoms with Crippen molar-refractivity contribution in [1.29, 1.82) is 0 Å².